The molecular weight excluding hydrogens is 202 g/mol. The monoisotopic (exact) mass is 225 g/mol. The molecule has 0 aromatic rings. The van der Waals surface area contributed by atoms with Gasteiger partial charge in [0.15, 0.2) is 0 Å². The summed E-state index contributed by atoms with van der Waals surface area (Å²) in [6.45, 7) is 6.61. The Morgan fingerprint density at radius 2 is 1.62 bits per heavy atom. The molecule has 0 radical (unpaired) electrons. The van der Waals surface area contributed by atoms with Crippen LogP contribution >= 0.6 is 0 Å². The summed E-state index contributed by atoms with van der Waals surface area (Å²) in [4.78, 5) is 25.2. The number of likely N-dealkylation sites (tertiary alicyclic amines) is 1. The number of imide groups is 1. The Kier molecular flexibility index (Phi) is 4.97. The molecule has 1 saturated heterocycles. The lowest BCUT2D eigenvalue weighted by atomic mass is 9.90. The second-order valence-corrected chi connectivity index (χ2v) is 4.93. The highest BCUT2D eigenvalue weighted by Crippen LogP contribution is 2.23. The first-order valence-electron chi connectivity index (χ1n) is 6.43. The van der Waals surface area contributed by atoms with Crippen molar-refractivity contribution in [2.45, 2.75) is 52.9 Å². The molecule has 1 aliphatic heterocycles. The summed E-state index contributed by atoms with van der Waals surface area (Å²) in [6.07, 6.45) is 5.13. The molecule has 1 heterocycles. The van der Waals surface area contributed by atoms with E-state index in [1.54, 1.807) is 0 Å². The SMILES string of the molecule is CCCCCCN1C(=O)C(C)CC(C)C1=O. The lowest BCUT2D eigenvalue weighted by Crippen LogP contribution is -2.48. The molecule has 2 unspecified atom stereocenters. The van der Waals surface area contributed by atoms with Crippen LogP contribution in [0.3, 0.4) is 0 Å². The average molecular weight is 225 g/mol. The van der Waals surface area contributed by atoms with E-state index in [1.165, 1.54) is 17.7 Å². The Labute approximate surface area is 98.2 Å². The number of carbonyl (C=O) groups excluding carboxylic acids is 2. The standard InChI is InChI=1S/C13H23NO2/c1-4-5-6-7-8-14-12(15)10(2)9-11(3)13(14)16/h10-11H,4-9H2,1-3H3. The topological polar surface area (TPSA) is 37.4 Å². The smallest absolute Gasteiger partial charge is 0.232 e. The molecule has 2 atom stereocenters. The van der Waals surface area contributed by atoms with Gasteiger partial charge in [0.25, 0.3) is 0 Å². The van der Waals surface area contributed by atoms with E-state index in [9.17, 15) is 9.59 Å². The van der Waals surface area contributed by atoms with E-state index < -0.39 is 0 Å². The van der Waals surface area contributed by atoms with Gasteiger partial charge in [0.1, 0.15) is 0 Å². The Hall–Kier alpha value is -0.860. The third kappa shape index (κ3) is 3.06. The second kappa shape index (κ2) is 6.02. The van der Waals surface area contributed by atoms with Crippen molar-refractivity contribution in [1.29, 1.82) is 0 Å². The summed E-state index contributed by atoms with van der Waals surface area (Å²) in [5.74, 6) is 0.0805. The molecule has 0 aliphatic carbocycles. The minimum atomic E-state index is 0.0128. The largest absolute Gasteiger partial charge is 0.282 e. The van der Waals surface area contributed by atoms with Gasteiger partial charge in [0, 0.05) is 18.4 Å². The Balaban J connectivity index is 2.48. The van der Waals surface area contributed by atoms with E-state index in [-0.39, 0.29) is 23.7 Å². The van der Waals surface area contributed by atoms with E-state index in [1.807, 2.05) is 13.8 Å². The molecular formula is C13H23NO2. The molecule has 0 spiro atoms. The number of hydrogen-bond acceptors (Lipinski definition) is 2. The van der Waals surface area contributed by atoms with E-state index >= 15 is 0 Å². The van der Waals surface area contributed by atoms with Gasteiger partial charge in [-0.2, -0.15) is 0 Å². The highest BCUT2D eigenvalue weighted by Gasteiger charge is 2.35. The first-order chi connectivity index (χ1) is 7.57. The Morgan fingerprint density at radius 3 is 2.12 bits per heavy atom. The number of rotatable bonds is 5. The van der Waals surface area contributed by atoms with Gasteiger partial charge < -0.3 is 0 Å². The molecule has 3 nitrogen and oxygen atoms in total. The molecule has 2 amide bonds. The van der Waals surface area contributed by atoms with Gasteiger partial charge in [0.05, 0.1) is 0 Å². The summed E-state index contributed by atoms with van der Waals surface area (Å²) >= 11 is 0. The van der Waals surface area contributed by atoms with Gasteiger partial charge in [-0.3, -0.25) is 14.5 Å². The van der Waals surface area contributed by atoms with Gasteiger partial charge in [-0.15, -0.1) is 0 Å². The second-order valence-electron chi connectivity index (χ2n) is 4.93. The van der Waals surface area contributed by atoms with Crippen molar-refractivity contribution in [2.24, 2.45) is 11.8 Å². The van der Waals surface area contributed by atoms with Crippen LogP contribution in [0.25, 0.3) is 0 Å². The van der Waals surface area contributed by atoms with Crippen molar-refractivity contribution in [2.75, 3.05) is 6.54 Å². The van der Waals surface area contributed by atoms with Gasteiger partial charge in [-0.05, 0) is 12.8 Å². The molecule has 16 heavy (non-hydrogen) atoms. The van der Waals surface area contributed by atoms with Gasteiger partial charge >= 0.3 is 0 Å². The number of nitrogens with zero attached hydrogens (tertiary/aromatic N) is 1. The molecule has 3 heteroatoms. The zero-order chi connectivity index (χ0) is 12.1. The van der Waals surface area contributed by atoms with Crippen LogP contribution in [0, 0.1) is 11.8 Å². The predicted molar refractivity (Wildman–Crippen MR) is 63.8 cm³/mol. The summed E-state index contributed by atoms with van der Waals surface area (Å²) in [6, 6.07) is 0. The Morgan fingerprint density at radius 1 is 1.06 bits per heavy atom. The highest BCUT2D eigenvalue weighted by atomic mass is 16.2. The van der Waals surface area contributed by atoms with E-state index in [2.05, 4.69) is 6.92 Å². The van der Waals surface area contributed by atoms with E-state index in [0.717, 1.165) is 12.8 Å². The molecule has 1 fully saturated rings. The molecule has 0 saturated carbocycles. The molecule has 0 N–H and O–H groups in total. The third-order valence-electron chi connectivity index (χ3n) is 3.32. The zero-order valence-corrected chi connectivity index (χ0v) is 10.7. The maximum Gasteiger partial charge on any atom is 0.232 e. The van der Waals surface area contributed by atoms with Crippen molar-refractivity contribution in [3.05, 3.63) is 0 Å². The first kappa shape index (κ1) is 13.2. The maximum absolute atomic E-state index is 11.9. The van der Waals surface area contributed by atoms with Crippen LogP contribution in [0.5, 0.6) is 0 Å². The number of piperidine rings is 1. The predicted octanol–water partition coefficient (Wildman–Crippen LogP) is 2.60. The molecule has 1 aliphatic rings. The van der Waals surface area contributed by atoms with Crippen molar-refractivity contribution >= 4 is 11.8 Å². The van der Waals surface area contributed by atoms with Crippen LogP contribution in [-0.2, 0) is 9.59 Å². The minimum Gasteiger partial charge on any atom is -0.282 e. The molecule has 0 bridgehead atoms. The quantitative estimate of drug-likeness (QED) is 0.533. The summed E-state index contributed by atoms with van der Waals surface area (Å²) in [5, 5.41) is 0. The van der Waals surface area contributed by atoms with Crippen molar-refractivity contribution in [3.8, 4) is 0 Å². The molecule has 92 valence electrons. The Bertz CT molecular complexity index is 243. The number of carbonyl (C=O) groups is 2. The van der Waals surface area contributed by atoms with Crippen LogP contribution in [0.1, 0.15) is 52.9 Å². The maximum atomic E-state index is 11.9. The fourth-order valence-electron chi connectivity index (χ4n) is 2.29. The van der Waals surface area contributed by atoms with Crippen molar-refractivity contribution in [3.63, 3.8) is 0 Å². The average Bonchev–Trinajstić information content (AvgIpc) is 2.25. The van der Waals surface area contributed by atoms with E-state index in [4.69, 9.17) is 0 Å². The lowest BCUT2D eigenvalue weighted by Gasteiger charge is -2.32. The number of hydrogen-bond donors (Lipinski definition) is 0. The summed E-state index contributed by atoms with van der Waals surface area (Å²) in [7, 11) is 0. The number of unbranched alkanes of at least 4 members (excludes halogenated alkanes) is 3. The third-order valence-corrected chi connectivity index (χ3v) is 3.32. The molecule has 0 aromatic carbocycles. The lowest BCUT2D eigenvalue weighted by molar-refractivity contribution is -0.154. The summed E-state index contributed by atoms with van der Waals surface area (Å²) < 4.78 is 0. The molecule has 1 rings (SSSR count). The normalized spacial score (nSPS) is 26.3. The van der Waals surface area contributed by atoms with Gasteiger partial charge in [-0.1, -0.05) is 40.0 Å². The first-order valence-corrected chi connectivity index (χ1v) is 6.43. The van der Waals surface area contributed by atoms with Gasteiger partial charge in [0.2, 0.25) is 11.8 Å². The van der Waals surface area contributed by atoms with Crippen LogP contribution in [0.4, 0.5) is 0 Å². The molecule has 0 aromatic heterocycles. The fourth-order valence-corrected chi connectivity index (χ4v) is 2.29. The van der Waals surface area contributed by atoms with Crippen molar-refractivity contribution < 1.29 is 9.59 Å². The van der Waals surface area contributed by atoms with Crippen LogP contribution < -0.4 is 0 Å². The summed E-state index contributed by atoms with van der Waals surface area (Å²) in [5.41, 5.74) is 0. The number of amides is 2. The highest BCUT2D eigenvalue weighted by molar-refractivity contribution is 5.99. The van der Waals surface area contributed by atoms with Crippen LogP contribution in [-0.4, -0.2) is 23.3 Å². The van der Waals surface area contributed by atoms with Gasteiger partial charge in [-0.25, -0.2) is 0 Å². The van der Waals surface area contributed by atoms with Crippen LogP contribution in [0.15, 0.2) is 0 Å². The van der Waals surface area contributed by atoms with Crippen LogP contribution in [0.2, 0.25) is 0 Å². The fraction of sp³-hybridized carbons (Fsp3) is 0.846. The van der Waals surface area contributed by atoms with E-state index in [0.29, 0.717) is 13.0 Å². The van der Waals surface area contributed by atoms with Crippen molar-refractivity contribution in [1.82, 2.24) is 4.90 Å². The minimum absolute atomic E-state index is 0.0128. The zero-order valence-electron chi connectivity index (χ0n) is 10.7.